The molecule has 1 aromatic carbocycles. The van der Waals surface area contributed by atoms with E-state index in [0.29, 0.717) is 0 Å². The highest BCUT2D eigenvalue weighted by Crippen LogP contribution is 2.20. The van der Waals surface area contributed by atoms with E-state index < -0.39 is 10.8 Å². The Morgan fingerprint density at radius 2 is 2.25 bits per heavy atom. The number of rotatable bonds is 6. The minimum absolute atomic E-state index is 0.692. The fraction of sp³-hybridized carbons (Fsp3) is 0.455. The molecule has 90 valence electrons. The van der Waals surface area contributed by atoms with Gasteiger partial charge >= 0.3 is 0 Å². The first-order valence-electron chi connectivity index (χ1n) is 5.04. The lowest BCUT2D eigenvalue weighted by molar-refractivity contribution is 0.661. The van der Waals surface area contributed by atoms with Crippen LogP contribution in [0.25, 0.3) is 0 Å². The average molecular weight is 325 g/mol. The molecule has 0 fully saturated rings. The van der Waals surface area contributed by atoms with Gasteiger partial charge in [0.15, 0.2) is 0 Å². The van der Waals surface area contributed by atoms with E-state index in [2.05, 4.69) is 21.2 Å². The zero-order valence-electron chi connectivity index (χ0n) is 9.13. The topological polar surface area (TPSA) is 29.1 Å². The number of nitrogens with one attached hydrogen (secondary N) is 1. The molecule has 5 heteroatoms. The summed E-state index contributed by atoms with van der Waals surface area (Å²) >= 11 is 9.39. The highest BCUT2D eigenvalue weighted by atomic mass is 79.9. The van der Waals surface area contributed by atoms with Gasteiger partial charge in [0.25, 0.3) is 0 Å². The van der Waals surface area contributed by atoms with Crippen molar-refractivity contribution in [3.8, 4) is 0 Å². The van der Waals surface area contributed by atoms with E-state index in [-0.39, 0.29) is 0 Å². The van der Waals surface area contributed by atoms with Crippen molar-refractivity contribution in [3.63, 3.8) is 0 Å². The molecule has 0 aliphatic carbocycles. The summed E-state index contributed by atoms with van der Waals surface area (Å²) in [4.78, 5) is 0. The lowest BCUT2D eigenvalue weighted by Crippen LogP contribution is -2.16. The minimum atomic E-state index is -0.692. The summed E-state index contributed by atoms with van der Waals surface area (Å²) < 4.78 is 11.9. The second-order valence-corrected chi connectivity index (χ2v) is 6.39. The van der Waals surface area contributed by atoms with E-state index in [4.69, 9.17) is 11.6 Å². The maximum atomic E-state index is 10.8. The Morgan fingerprint density at radius 3 is 2.94 bits per heavy atom. The van der Waals surface area contributed by atoms with Crippen molar-refractivity contribution in [2.24, 2.45) is 0 Å². The van der Waals surface area contributed by atoms with E-state index >= 15 is 0 Å². The highest BCUT2D eigenvalue weighted by Gasteiger charge is 2.00. The van der Waals surface area contributed by atoms with E-state index in [9.17, 15) is 4.21 Å². The maximum absolute atomic E-state index is 10.8. The van der Waals surface area contributed by atoms with Crippen molar-refractivity contribution >= 4 is 38.3 Å². The molecule has 0 spiro atoms. The molecule has 1 atom stereocenters. The van der Waals surface area contributed by atoms with Gasteiger partial charge < -0.3 is 5.32 Å². The average Bonchev–Trinajstić information content (AvgIpc) is 2.22. The predicted octanol–water partition coefficient (Wildman–Crippen LogP) is 2.96. The molecule has 0 amide bonds. The second-order valence-electron chi connectivity index (χ2n) is 3.54. The van der Waals surface area contributed by atoms with E-state index in [0.717, 1.165) is 40.3 Å². The molecule has 0 saturated heterocycles. The van der Waals surface area contributed by atoms with Crippen LogP contribution < -0.4 is 5.32 Å². The molecular formula is C11H15BrClNOS. The lowest BCUT2D eigenvalue weighted by Gasteiger charge is -2.07. The standard InChI is InChI=1S/C11H15BrClNOS/c1-16(15)6-2-5-14-8-9-7-10(13)3-4-11(9)12/h3-4,7,14H,2,5-6,8H2,1H3. The van der Waals surface area contributed by atoms with Crippen LogP contribution in [-0.4, -0.2) is 22.8 Å². The second kappa shape index (κ2) is 7.43. The number of benzene rings is 1. The van der Waals surface area contributed by atoms with Crippen molar-refractivity contribution in [2.75, 3.05) is 18.6 Å². The molecular weight excluding hydrogens is 310 g/mol. The molecule has 0 aliphatic heterocycles. The molecule has 0 aromatic heterocycles. The van der Waals surface area contributed by atoms with Crippen LogP contribution in [-0.2, 0) is 17.3 Å². The van der Waals surface area contributed by atoms with Crippen LogP contribution in [0.3, 0.4) is 0 Å². The summed E-state index contributed by atoms with van der Waals surface area (Å²) in [7, 11) is -0.692. The van der Waals surface area contributed by atoms with Crippen molar-refractivity contribution < 1.29 is 4.21 Å². The van der Waals surface area contributed by atoms with Gasteiger partial charge in [0.05, 0.1) is 0 Å². The summed E-state index contributed by atoms with van der Waals surface area (Å²) in [6.45, 7) is 1.65. The Morgan fingerprint density at radius 1 is 1.50 bits per heavy atom. The third-order valence-electron chi connectivity index (χ3n) is 2.11. The van der Waals surface area contributed by atoms with Crippen molar-refractivity contribution in [2.45, 2.75) is 13.0 Å². The van der Waals surface area contributed by atoms with Gasteiger partial charge in [0.2, 0.25) is 0 Å². The molecule has 0 heterocycles. The van der Waals surface area contributed by atoms with Crippen LogP contribution in [0.4, 0.5) is 0 Å². The molecule has 0 aliphatic rings. The molecule has 0 bridgehead atoms. The normalized spacial score (nSPS) is 12.7. The van der Waals surface area contributed by atoms with E-state index in [1.54, 1.807) is 6.26 Å². The van der Waals surface area contributed by atoms with E-state index in [1.165, 1.54) is 0 Å². The summed E-state index contributed by atoms with van der Waals surface area (Å²) in [6.07, 6.45) is 2.66. The van der Waals surface area contributed by atoms with Crippen molar-refractivity contribution in [1.82, 2.24) is 5.32 Å². The zero-order chi connectivity index (χ0) is 12.0. The number of hydrogen-bond acceptors (Lipinski definition) is 2. The van der Waals surface area contributed by atoms with Crippen molar-refractivity contribution in [3.05, 3.63) is 33.3 Å². The van der Waals surface area contributed by atoms with Gasteiger partial charge in [-0.15, -0.1) is 0 Å². The summed E-state index contributed by atoms with van der Waals surface area (Å²) in [6, 6.07) is 5.74. The smallest absolute Gasteiger partial charge is 0.0410 e. The highest BCUT2D eigenvalue weighted by molar-refractivity contribution is 9.10. The van der Waals surface area contributed by atoms with Crippen LogP contribution in [0, 0.1) is 0 Å². The van der Waals surface area contributed by atoms with Gasteiger partial charge in [-0.1, -0.05) is 27.5 Å². The van der Waals surface area contributed by atoms with Gasteiger partial charge in [0, 0.05) is 38.8 Å². The van der Waals surface area contributed by atoms with Crippen molar-refractivity contribution in [1.29, 1.82) is 0 Å². The number of halogens is 2. The quantitative estimate of drug-likeness (QED) is 0.815. The Hall–Kier alpha value is 0.1000. The SMILES string of the molecule is CS(=O)CCCNCc1cc(Cl)ccc1Br. The van der Waals surface area contributed by atoms with Crippen LogP contribution in [0.1, 0.15) is 12.0 Å². The van der Waals surface area contributed by atoms with Gasteiger partial charge in [-0.3, -0.25) is 4.21 Å². The third-order valence-corrected chi connectivity index (χ3v) is 3.98. The molecule has 1 rings (SSSR count). The largest absolute Gasteiger partial charge is 0.313 e. The fourth-order valence-electron chi connectivity index (χ4n) is 1.30. The Kier molecular flexibility index (Phi) is 6.58. The first kappa shape index (κ1) is 14.2. The van der Waals surface area contributed by atoms with Crippen LogP contribution in [0.15, 0.2) is 22.7 Å². The lowest BCUT2D eigenvalue weighted by atomic mass is 10.2. The molecule has 0 saturated carbocycles. The fourth-order valence-corrected chi connectivity index (χ4v) is 2.43. The monoisotopic (exact) mass is 323 g/mol. The van der Waals surface area contributed by atoms with Gasteiger partial charge in [-0.05, 0) is 36.7 Å². The molecule has 1 N–H and O–H groups in total. The van der Waals surface area contributed by atoms with Crippen LogP contribution in [0.2, 0.25) is 5.02 Å². The Labute approximate surface area is 112 Å². The first-order valence-corrected chi connectivity index (χ1v) is 7.94. The molecule has 0 radical (unpaired) electrons. The van der Waals surface area contributed by atoms with E-state index in [1.807, 2.05) is 18.2 Å². The Bertz CT molecular complexity index is 373. The number of hydrogen-bond donors (Lipinski definition) is 1. The van der Waals surface area contributed by atoms with Gasteiger partial charge in [-0.2, -0.15) is 0 Å². The molecule has 16 heavy (non-hydrogen) atoms. The maximum Gasteiger partial charge on any atom is 0.0410 e. The Balaban J connectivity index is 2.31. The van der Waals surface area contributed by atoms with Gasteiger partial charge in [-0.25, -0.2) is 0 Å². The minimum Gasteiger partial charge on any atom is -0.313 e. The third kappa shape index (κ3) is 5.43. The first-order chi connectivity index (χ1) is 7.59. The summed E-state index contributed by atoms with van der Waals surface area (Å²) in [5, 5.41) is 4.05. The van der Waals surface area contributed by atoms with Crippen LogP contribution in [0.5, 0.6) is 0 Å². The molecule has 1 aromatic rings. The predicted molar refractivity (Wildman–Crippen MR) is 74.4 cm³/mol. The summed E-state index contributed by atoms with van der Waals surface area (Å²) in [5.74, 6) is 0.754. The summed E-state index contributed by atoms with van der Waals surface area (Å²) in [5.41, 5.74) is 1.14. The zero-order valence-corrected chi connectivity index (χ0v) is 12.3. The molecule has 1 unspecified atom stereocenters. The van der Waals surface area contributed by atoms with Gasteiger partial charge in [0.1, 0.15) is 0 Å². The molecule has 2 nitrogen and oxygen atoms in total. The van der Waals surface area contributed by atoms with Crippen LogP contribution >= 0.6 is 27.5 Å².